The molecule has 8 heteroatoms. The number of anilines is 3. The number of amides is 1. The summed E-state index contributed by atoms with van der Waals surface area (Å²) in [6.45, 7) is 3.39. The maximum Gasteiger partial charge on any atom is 0.298 e. The highest BCUT2D eigenvalue weighted by molar-refractivity contribution is 5.82. The van der Waals surface area contributed by atoms with Crippen LogP contribution in [0, 0.1) is 18.3 Å². The molecule has 1 aliphatic heterocycles. The molecule has 8 nitrogen and oxygen atoms in total. The van der Waals surface area contributed by atoms with Gasteiger partial charge in [0, 0.05) is 30.5 Å². The van der Waals surface area contributed by atoms with Crippen molar-refractivity contribution in [1.29, 1.82) is 5.26 Å². The van der Waals surface area contributed by atoms with Crippen molar-refractivity contribution in [1.82, 2.24) is 15.3 Å². The lowest BCUT2D eigenvalue weighted by Gasteiger charge is -2.24. The van der Waals surface area contributed by atoms with Crippen LogP contribution in [0.3, 0.4) is 0 Å². The number of carbonyl (C=O) groups excluding carboxylic acids is 1. The van der Waals surface area contributed by atoms with E-state index in [2.05, 4.69) is 26.7 Å². The van der Waals surface area contributed by atoms with E-state index >= 15 is 0 Å². The Bertz CT molecular complexity index is 1070. The molecule has 1 saturated heterocycles. The third-order valence-electron chi connectivity index (χ3n) is 4.34. The number of piperazine rings is 1. The van der Waals surface area contributed by atoms with Crippen LogP contribution in [0.5, 0.6) is 0 Å². The van der Waals surface area contributed by atoms with Gasteiger partial charge in [-0.15, -0.1) is 0 Å². The lowest BCUT2D eigenvalue weighted by Crippen LogP contribution is -2.47. The second-order valence-corrected chi connectivity index (χ2v) is 6.53. The molecule has 140 valence electrons. The first-order chi connectivity index (χ1) is 13.6. The maximum absolute atomic E-state index is 11.6. The van der Waals surface area contributed by atoms with Crippen LogP contribution in [-0.4, -0.2) is 35.5 Å². The van der Waals surface area contributed by atoms with Crippen molar-refractivity contribution in [3.8, 4) is 17.4 Å². The molecule has 3 heterocycles. The minimum Gasteiger partial charge on any atom is -0.423 e. The Balaban J connectivity index is 1.63. The second kappa shape index (κ2) is 7.40. The molecule has 1 amide bonds. The fourth-order valence-corrected chi connectivity index (χ4v) is 3.01. The first-order valence-corrected chi connectivity index (χ1v) is 8.83. The highest BCUT2D eigenvalue weighted by atomic mass is 16.4. The molecule has 0 atom stereocenters. The van der Waals surface area contributed by atoms with E-state index in [1.165, 1.54) is 0 Å². The van der Waals surface area contributed by atoms with Gasteiger partial charge in [-0.25, -0.2) is 9.97 Å². The molecule has 2 aromatic heterocycles. The smallest absolute Gasteiger partial charge is 0.298 e. The normalized spacial score (nSPS) is 13.7. The number of nitriles is 1. The molecular weight excluding hydrogens is 356 g/mol. The van der Waals surface area contributed by atoms with Crippen LogP contribution in [0.2, 0.25) is 0 Å². The Kier molecular flexibility index (Phi) is 4.64. The number of aryl methyl sites for hydroxylation is 1. The van der Waals surface area contributed by atoms with Gasteiger partial charge < -0.3 is 20.0 Å². The van der Waals surface area contributed by atoms with E-state index in [1.807, 2.05) is 25.1 Å². The molecular formula is C20H18N6O2. The summed E-state index contributed by atoms with van der Waals surface area (Å²) in [5.74, 6) is 1.16. The van der Waals surface area contributed by atoms with Gasteiger partial charge in [-0.2, -0.15) is 5.26 Å². The molecule has 28 heavy (non-hydrogen) atoms. The summed E-state index contributed by atoms with van der Waals surface area (Å²) >= 11 is 0. The van der Waals surface area contributed by atoms with Crippen molar-refractivity contribution in [3.63, 3.8) is 0 Å². The Labute approximate surface area is 161 Å². The number of hydrogen-bond donors (Lipinski definition) is 2. The van der Waals surface area contributed by atoms with Crippen LogP contribution in [0.15, 0.2) is 47.1 Å². The van der Waals surface area contributed by atoms with Crippen LogP contribution in [-0.2, 0) is 4.79 Å². The number of aromatic nitrogens is 2. The summed E-state index contributed by atoms with van der Waals surface area (Å²) in [6.07, 6.45) is 3.33. The first-order valence-electron chi connectivity index (χ1n) is 8.83. The van der Waals surface area contributed by atoms with Crippen molar-refractivity contribution in [3.05, 3.63) is 53.9 Å². The summed E-state index contributed by atoms with van der Waals surface area (Å²) in [5.41, 5.74) is 3.01. The van der Waals surface area contributed by atoms with Gasteiger partial charge in [0.05, 0.1) is 17.8 Å². The Morgan fingerprint density at radius 2 is 2.18 bits per heavy atom. The molecule has 1 aromatic carbocycles. The van der Waals surface area contributed by atoms with Crippen molar-refractivity contribution in [2.75, 3.05) is 29.9 Å². The largest absolute Gasteiger partial charge is 0.423 e. The number of carbonyl (C=O) groups is 1. The molecule has 2 N–H and O–H groups in total. The second-order valence-electron chi connectivity index (χ2n) is 6.53. The number of pyridine rings is 1. The Hall–Kier alpha value is -3.86. The molecule has 1 fully saturated rings. The lowest BCUT2D eigenvalue weighted by atomic mass is 10.1. The van der Waals surface area contributed by atoms with Crippen molar-refractivity contribution in [2.24, 2.45) is 0 Å². The molecule has 0 spiro atoms. The fourth-order valence-electron chi connectivity index (χ4n) is 3.01. The van der Waals surface area contributed by atoms with E-state index in [4.69, 9.17) is 4.42 Å². The van der Waals surface area contributed by atoms with E-state index in [0.717, 1.165) is 16.8 Å². The topological polar surface area (TPSA) is 107 Å². The van der Waals surface area contributed by atoms with Crippen LogP contribution in [0.4, 0.5) is 17.5 Å². The van der Waals surface area contributed by atoms with E-state index in [0.29, 0.717) is 36.2 Å². The first kappa shape index (κ1) is 17.5. The fraction of sp³-hybridized carbons (Fsp3) is 0.200. The molecule has 0 aliphatic carbocycles. The summed E-state index contributed by atoms with van der Waals surface area (Å²) in [6, 6.07) is 11.8. The average molecular weight is 374 g/mol. The van der Waals surface area contributed by atoms with Crippen LogP contribution in [0.25, 0.3) is 11.3 Å². The third-order valence-corrected chi connectivity index (χ3v) is 4.34. The number of nitrogens with one attached hydrogen (secondary N) is 2. The van der Waals surface area contributed by atoms with Gasteiger partial charge in [0.2, 0.25) is 5.91 Å². The zero-order chi connectivity index (χ0) is 19.5. The van der Waals surface area contributed by atoms with Crippen molar-refractivity contribution < 1.29 is 9.21 Å². The van der Waals surface area contributed by atoms with Crippen molar-refractivity contribution in [2.45, 2.75) is 6.92 Å². The SMILES string of the molecule is Cc1ccnc(Nc2cc(C#N)cc(-c3cnc(N4CCNC(=O)C4)o3)c2)c1. The predicted octanol–water partition coefficient (Wildman–Crippen LogP) is 2.60. The van der Waals surface area contributed by atoms with Gasteiger partial charge >= 0.3 is 0 Å². The van der Waals surface area contributed by atoms with Crippen LogP contribution >= 0.6 is 0 Å². The summed E-state index contributed by atoms with van der Waals surface area (Å²) < 4.78 is 5.86. The molecule has 3 aromatic rings. The minimum atomic E-state index is -0.0605. The number of rotatable bonds is 4. The highest BCUT2D eigenvalue weighted by Gasteiger charge is 2.21. The number of nitrogens with zero attached hydrogens (tertiary/aromatic N) is 4. The van der Waals surface area contributed by atoms with E-state index in [1.54, 1.807) is 29.4 Å². The van der Waals surface area contributed by atoms with Gasteiger partial charge in [-0.3, -0.25) is 4.79 Å². The summed E-state index contributed by atoms with van der Waals surface area (Å²) in [5, 5.41) is 15.4. The molecule has 0 radical (unpaired) electrons. The lowest BCUT2D eigenvalue weighted by molar-refractivity contribution is -0.120. The van der Waals surface area contributed by atoms with Gasteiger partial charge in [0.15, 0.2) is 5.76 Å². The van der Waals surface area contributed by atoms with E-state index in [-0.39, 0.29) is 12.5 Å². The molecule has 0 saturated carbocycles. The zero-order valence-electron chi connectivity index (χ0n) is 15.3. The van der Waals surface area contributed by atoms with Gasteiger partial charge in [-0.1, -0.05) is 0 Å². The maximum atomic E-state index is 11.6. The number of oxazole rings is 1. The van der Waals surface area contributed by atoms with Gasteiger partial charge in [0.25, 0.3) is 6.01 Å². The summed E-state index contributed by atoms with van der Waals surface area (Å²) in [4.78, 5) is 21.9. The molecule has 1 aliphatic rings. The van der Waals surface area contributed by atoms with Gasteiger partial charge in [-0.05, 0) is 42.8 Å². The monoisotopic (exact) mass is 374 g/mol. The highest BCUT2D eigenvalue weighted by Crippen LogP contribution is 2.29. The predicted molar refractivity (Wildman–Crippen MR) is 104 cm³/mol. The van der Waals surface area contributed by atoms with E-state index < -0.39 is 0 Å². The Morgan fingerprint density at radius 3 is 2.96 bits per heavy atom. The van der Waals surface area contributed by atoms with Gasteiger partial charge in [0.1, 0.15) is 12.4 Å². The van der Waals surface area contributed by atoms with Crippen LogP contribution < -0.4 is 15.5 Å². The number of hydrogen-bond acceptors (Lipinski definition) is 7. The number of benzene rings is 1. The Morgan fingerprint density at radius 1 is 1.29 bits per heavy atom. The van der Waals surface area contributed by atoms with E-state index in [9.17, 15) is 10.1 Å². The van der Waals surface area contributed by atoms with Crippen LogP contribution in [0.1, 0.15) is 11.1 Å². The minimum absolute atomic E-state index is 0.0605. The quantitative estimate of drug-likeness (QED) is 0.723. The van der Waals surface area contributed by atoms with Crippen molar-refractivity contribution >= 4 is 23.4 Å². The molecule has 0 unspecified atom stereocenters. The standard InChI is InChI=1S/C20H18N6O2/c1-13-2-3-22-18(6-13)25-16-8-14(10-21)7-15(9-16)17-11-24-20(28-17)26-5-4-23-19(27)12-26/h2-3,6-9,11H,4-5,12H2,1H3,(H,22,25)(H,23,27). The third kappa shape index (κ3) is 3.78. The average Bonchev–Trinajstić information content (AvgIpc) is 3.18. The molecule has 0 bridgehead atoms. The summed E-state index contributed by atoms with van der Waals surface area (Å²) in [7, 11) is 0. The molecule has 4 rings (SSSR count). The zero-order valence-corrected chi connectivity index (χ0v) is 15.3.